The van der Waals surface area contributed by atoms with E-state index in [-0.39, 0.29) is 26.2 Å². The molecule has 0 fully saturated rings. The number of methoxy groups -OCH3 is 1. The topological polar surface area (TPSA) is 70.7 Å². The van der Waals surface area contributed by atoms with Gasteiger partial charge in [-0.3, -0.25) is 9.97 Å². The Bertz CT molecular complexity index is 2970. The minimum absolute atomic E-state index is 0. The Kier molecular flexibility index (Phi) is 9.97. The molecule has 0 aliphatic heterocycles. The fourth-order valence-electron chi connectivity index (χ4n) is 7.84. The van der Waals surface area contributed by atoms with Crippen LogP contribution in [0.4, 0.5) is 0 Å². The van der Waals surface area contributed by atoms with Crippen molar-refractivity contribution in [2.75, 3.05) is 7.11 Å². The van der Waals surface area contributed by atoms with E-state index in [2.05, 4.69) is 125 Å². The van der Waals surface area contributed by atoms with Crippen LogP contribution < -0.4 is 0 Å². The van der Waals surface area contributed by atoms with Gasteiger partial charge < -0.3 is 23.8 Å². The van der Waals surface area contributed by atoms with Gasteiger partial charge >= 0.3 is 0 Å². The van der Waals surface area contributed by atoms with Gasteiger partial charge in [0.25, 0.3) is 0 Å². The number of pyridine rings is 2. The number of para-hydroxylation sites is 1. The molecule has 10 aromatic rings. The Morgan fingerprint density at radius 1 is 0.600 bits per heavy atom. The first-order chi connectivity index (χ1) is 26.6. The van der Waals surface area contributed by atoms with E-state index in [1.54, 1.807) is 19.5 Å². The maximum Gasteiger partial charge on any atom is 0.0889 e. The van der Waals surface area contributed by atoms with Crippen molar-refractivity contribution in [2.24, 2.45) is 0 Å². The van der Waals surface area contributed by atoms with Crippen molar-refractivity contribution >= 4 is 65.4 Å². The summed E-state index contributed by atoms with van der Waals surface area (Å²) in [5.74, 6) is 0. The number of aromatic nitrogens is 6. The molecule has 6 aromatic carbocycles. The molecule has 55 heavy (non-hydrogen) atoms. The molecule has 0 amide bonds. The molecule has 7 nitrogen and oxygen atoms in total. The van der Waals surface area contributed by atoms with E-state index < -0.39 is 0 Å². The molecule has 0 aliphatic carbocycles. The van der Waals surface area contributed by atoms with Crippen LogP contribution in [0.25, 0.3) is 76.8 Å². The minimum Gasteiger partial charge on any atom is -0.381 e. The molecule has 273 valence electrons. The summed E-state index contributed by atoms with van der Waals surface area (Å²) in [7, 11) is 1.78. The molecule has 0 spiro atoms. The average Bonchev–Trinajstić information content (AvgIpc) is 3.88. The molecule has 0 saturated carbocycles. The van der Waals surface area contributed by atoms with Crippen LogP contribution in [0.1, 0.15) is 30.0 Å². The smallest absolute Gasteiger partial charge is 0.0889 e. The van der Waals surface area contributed by atoms with Gasteiger partial charge in [-0.15, -0.1) is 24.3 Å². The zero-order valence-electron chi connectivity index (χ0n) is 31.0. The van der Waals surface area contributed by atoms with Crippen molar-refractivity contribution in [3.63, 3.8) is 0 Å². The van der Waals surface area contributed by atoms with Gasteiger partial charge in [0.1, 0.15) is 0 Å². The number of nitrogens with zero attached hydrogens (tertiary/aromatic N) is 6. The van der Waals surface area contributed by atoms with Gasteiger partial charge in [0.05, 0.1) is 18.8 Å². The van der Waals surface area contributed by atoms with Crippen LogP contribution >= 0.6 is 0 Å². The number of fused-ring (bicyclic) bond motifs is 12. The van der Waals surface area contributed by atoms with Gasteiger partial charge in [0.15, 0.2) is 0 Å². The van der Waals surface area contributed by atoms with E-state index in [0.717, 1.165) is 73.5 Å². The Labute approximate surface area is 333 Å². The Morgan fingerprint density at radius 2 is 1.11 bits per heavy atom. The summed E-state index contributed by atoms with van der Waals surface area (Å²) in [4.78, 5) is 18.8. The van der Waals surface area contributed by atoms with Crippen LogP contribution in [0.2, 0.25) is 0 Å². The fraction of sp³-hybridized carbons (Fsp3) is 0.149. The number of benzene rings is 6. The van der Waals surface area contributed by atoms with Crippen molar-refractivity contribution in [1.29, 1.82) is 0 Å². The molecule has 0 bridgehead atoms. The van der Waals surface area contributed by atoms with E-state index in [1.807, 2.05) is 43.0 Å². The first-order valence-electron chi connectivity index (χ1n) is 18.3. The van der Waals surface area contributed by atoms with E-state index >= 15 is 0 Å². The molecule has 0 aliphatic rings. The van der Waals surface area contributed by atoms with Gasteiger partial charge in [0, 0.05) is 60.7 Å². The molecule has 4 heterocycles. The van der Waals surface area contributed by atoms with E-state index in [9.17, 15) is 0 Å². The number of imidazole rings is 2. The third kappa shape index (κ3) is 6.26. The van der Waals surface area contributed by atoms with E-state index in [1.165, 1.54) is 32.8 Å². The molecular formula is C47H38IrN6O-2. The minimum atomic E-state index is 0. The zero-order chi connectivity index (χ0) is 36.8. The van der Waals surface area contributed by atoms with Crippen LogP contribution in [-0.2, 0) is 31.3 Å². The standard InChI is InChI=1S/C26H24N3O.C21H14N3.Ir/c1-4-20(30-3)15-18-10-12-19(13-11-18)29-16-28-25-22-9-6-14-27-24(22)23-17(2)7-5-8-21(23)26(25)29;1-14-7-5-10-16-18(14)19-17(11-6-12-22-19)20-21(16)24(13-23-20)15-8-3-2-4-9-15;/h5-8,10-14,16,20H,4,15H2,1-3H3;2-10,12-13H,1H3;/q2*-1;. The molecule has 10 rings (SSSR count). The van der Waals surface area contributed by atoms with Crippen LogP contribution in [0.5, 0.6) is 0 Å². The first kappa shape index (κ1) is 36.2. The predicted octanol–water partition coefficient (Wildman–Crippen LogP) is 10.6. The predicted molar refractivity (Wildman–Crippen MR) is 220 cm³/mol. The summed E-state index contributed by atoms with van der Waals surface area (Å²) in [6.07, 6.45) is 9.59. The van der Waals surface area contributed by atoms with Crippen LogP contribution in [0.15, 0.2) is 128 Å². The van der Waals surface area contributed by atoms with Crippen molar-refractivity contribution < 1.29 is 24.8 Å². The zero-order valence-corrected chi connectivity index (χ0v) is 33.4. The number of aryl methyl sites for hydroxylation is 2. The largest absolute Gasteiger partial charge is 0.381 e. The molecule has 0 saturated heterocycles. The van der Waals surface area contributed by atoms with E-state index in [4.69, 9.17) is 14.7 Å². The Morgan fingerprint density at radius 3 is 1.60 bits per heavy atom. The van der Waals surface area contributed by atoms with Crippen LogP contribution in [0.3, 0.4) is 0 Å². The van der Waals surface area contributed by atoms with Gasteiger partial charge in [-0.05, 0) is 89.1 Å². The first-order valence-corrected chi connectivity index (χ1v) is 18.3. The van der Waals surface area contributed by atoms with Crippen LogP contribution in [0, 0.1) is 26.0 Å². The van der Waals surface area contributed by atoms with Crippen molar-refractivity contribution in [2.45, 2.75) is 39.7 Å². The summed E-state index contributed by atoms with van der Waals surface area (Å²) in [5.41, 5.74) is 11.9. The second-order valence-corrected chi connectivity index (χ2v) is 13.7. The van der Waals surface area contributed by atoms with Crippen LogP contribution in [-0.4, -0.2) is 42.3 Å². The molecule has 1 atom stereocenters. The van der Waals surface area contributed by atoms with Gasteiger partial charge in [-0.25, -0.2) is 0 Å². The van der Waals surface area contributed by atoms with Crippen molar-refractivity contribution in [3.8, 4) is 11.4 Å². The number of ether oxygens (including phenoxy) is 1. The molecule has 4 aromatic heterocycles. The molecule has 1 unspecified atom stereocenters. The normalized spacial score (nSPS) is 12.0. The maximum absolute atomic E-state index is 5.54. The maximum atomic E-state index is 5.54. The van der Waals surface area contributed by atoms with Crippen molar-refractivity contribution in [3.05, 3.63) is 157 Å². The quantitative estimate of drug-likeness (QED) is 0.123. The van der Waals surface area contributed by atoms with Gasteiger partial charge in [-0.2, -0.15) is 0 Å². The summed E-state index contributed by atoms with van der Waals surface area (Å²) in [6, 6.07) is 42.2. The van der Waals surface area contributed by atoms with Crippen molar-refractivity contribution in [1.82, 2.24) is 29.1 Å². The molecular weight excluding hydrogens is 857 g/mol. The SMILES string of the molecule is CCC(Cc1ccc(-n2cnc3c4[c-]ccnc4c4c(C)cccc4c32)cc1)OC.Cc1cccc2c1c1ncc[c-]c1c1ncn(-c3ccccc3)c21.[Ir]. The van der Waals surface area contributed by atoms with Gasteiger partial charge in [0.2, 0.25) is 0 Å². The Hall–Kier alpha value is -5.79. The van der Waals surface area contributed by atoms with E-state index in [0.29, 0.717) is 0 Å². The summed E-state index contributed by atoms with van der Waals surface area (Å²) < 4.78 is 9.86. The second kappa shape index (κ2) is 15.2. The summed E-state index contributed by atoms with van der Waals surface area (Å²) in [6.45, 7) is 6.42. The second-order valence-electron chi connectivity index (χ2n) is 13.7. The molecule has 0 N–H and O–H groups in total. The third-order valence-corrected chi connectivity index (χ3v) is 10.5. The number of rotatable bonds is 6. The number of hydrogen-bond donors (Lipinski definition) is 0. The number of hydrogen-bond acceptors (Lipinski definition) is 5. The Balaban J connectivity index is 0.000000156. The van der Waals surface area contributed by atoms with Gasteiger partial charge in [-0.1, -0.05) is 108 Å². The summed E-state index contributed by atoms with van der Waals surface area (Å²) >= 11 is 0. The monoisotopic (exact) mass is 895 g/mol. The average molecular weight is 895 g/mol. The molecule has 1 radical (unpaired) electrons. The fourth-order valence-corrected chi connectivity index (χ4v) is 7.84. The third-order valence-electron chi connectivity index (χ3n) is 10.5. The molecule has 8 heteroatoms. The summed E-state index contributed by atoms with van der Waals surface area (Å²) in [5, 5.41) is 6.62.